The fraction of sp³-hybridized carbons (Fsp3) is 0.312. The molecule has 2 heterocycles. The molecule has 1 unspecified atom stereocenters. The monoisotopic (exact) mass is 285 g/mol. The molecule has 0 fully saturated rings. The number of aromatic amines is 1. The Hall–Kier alpha value is -1.65. The first kappa shape index (κ1) is 13.3. The van der Waals surface area contributed by atoms with Crippen LogP contribution in [0.15, 0.2) is 36.5 Å². The van der Waals surface area contributed by atoms with E-state index in [2.05, 4.69) is 54.1 Å². The SMILES string of the molecule is CC(C)CC(N)c1ncc(-c2cc3ccccc3s2)[nH]1. The lowest BCUT2D eigenvalue weighted by Gasteiger charge is -2.10. The maximum atomic E-state index is 6.17. The third-order valence-electron chi connectivity index (χ3n) is 3.36. The molecule has 20 heavy (non-hydrogen) atoms. The standard InChI is InChI=1S/C16H19N3S/c1-10(2)7-12(17)16-18-9-13(19-16)15-8-11-5-3-4-6-14(11)20-15/h3-6,8-10,12H,7,17H2,1-2H3,(H,18,19). The largest absolute Gasteiger partial charge is 0.340 e. The zero-order chi connectivity index (χ0) is 14.1. The Labute approximate surface area is 122 Å². The van der Waals surface area contributed by atoms with E-state index in [9.17, 15) is 0 Å². The van der Waals surface area contributed by atoms with Crippen molar-refractivity contribution in [1.29, 1.82) is 0 Å². The molecule has 0 saturated heterocycles. The van der Waals surface area contributed by atoms with Crippen molar-refractivity contribution in [3.8, 4) is 10.6 Å². The predicted molar refractivity (Wildman–Crippen MR) is 85.8 cm³/mol. The van der Waals surface area contributed by atoms with E-state index in [-0.39, 0.29) is 6.04 Å². The maximum Gasteiger partial charge on any atom is 0.123 e. The van der Waals surface area contributed by atoms with Gasteiger partial charge in [0.05, 0.1) is 22.8 Å². The average Bonchev–Trinajstić information content (AvgIpc) is 3.04. The summed E-state index contributed by atoms with van der Waals surface area (Å²) in [6.45, 7) is 4.35. The Bertz CT molecular complexity index is 678. The quantitative estimate of drug-likeness (QED) is 0.749. The molecule has 0 saturated carbocycles. The molecule has 2 aromatic heterocycles. The number of benzene rings is 1. The van der Waals surface area contributed by atoms with Gasteiger partial charge < -0.3 is 10.7 Å². The van der Waals surface area contributed by atoms with Crippen LogP contribution in [-0.4, -0.2) is 9.97 Å². The molecular weight excluding hydrogens is 266 g/mol. The van der Waals surface area contributed by atoms with Crippen molar-refractivity contribution in [2.24, 2.45) is 11.7 Å². The third-order valence-corrected chi connectivity index (χ3v) is 4.51. The van der Waals surface area contributed by atoms with Gasteiger partial charge in [0.2, 0.25) is 0 Å². The first-order valence-corrected chi connectivity index (χ1v) is 7.74. The highest BCUT2D eigenvalue weighted by Crippen LogP contribution is 2.32. The number of hydrogen-bond donors (Lipinski definition) is 2. The number of nitrogens with zero attached hydrogens (tertiary/aromatic N) is 1. The van der Waals surface area contributed by atoms with E-state index in [4.69, 9.17) is 5.73 Å². The van der Waals surface area contributed by atoms with Crippen molar-refractivity contribution < 1.29 is 0 Å². The highest BCUT2D eigenvalue weighted by Gasteiger charge is 2.13. The van der Waals surface area contributed by atoms with Gasteiger partial charge in [0, 0.05) is 4.70 Å². The summed E-state index contributed by atoms with van der Waals surface area (Å²) in [5, 5.41) is 1.27. The molecule has 0 aliphatic carbocycles. The Kier molecular flexibility index (Phi) is 3.59. The molecule has 0 amide bonds. The Morgan fingerprint density at radius 2 is 2.10 bits per heavy atom. The molecule has 1 aromatic carbocycles. The van der Waals surface area contributed by atoms with Gasteiger partial charge in [-0.3, -0.25) is 0 Å². The Morgan fingerprint density at radius 3 is 2.85 bits per heavy atom. The van der Waals surface area contributed by atoms with E-state index in [1.165, 1.54) is 15.0 Å². The zero-order valence-electron chi connectivity index (χ0n) is 11.8. The highest BCUT2D eigenvalue weighted by atomic mass is 32.1. The third kappa shape index (κ3) is 2.62. The molecule has 0 bridgehead atoms. The number of nitrogens with one attached hydrogen (secondary N) is 1. The van der Waals surface area contributed by atoms with E-state index < -0.39 is 0 Å². The molecule has 1 atom stereocenters. The van der Waals surface area contributed by atoms with Gasteiger partial charge in [-0.1, -0.05) is 32.0 Å². The second-order valence-corrected chi connectivity index (χ2v) is 6.65. The summed E-state index contributed by atoms with van der Waals surface area (Å²) in [6.07, 6.45) is 2.83. The molecule has 0 aliphatic heterocycles. The predicted octanol–water partition coefficient (Wildman–Crippen LogP) is 4.34. The van der Waals surface area contributed by atoms with Gasteiger partial charge in [-0.25, -0.2) is 4.98 Å². The van der Waals surface area contributed by atoms with Gasteiger partial charge in [-0.15, -0.1) is 11.3 Å². The second kappa shape index (κ2) is 5.38. The van der Waals surface area contributed by atoms with Crippen LogP contribution in [0.25, 0.3) is 20.7 Å². The van der Waals surface area contributed by atoms with Gasteiger partial charge >= 0.3 is 0 Å². The Morgan fingerprint density at radius 1 is 1.30 bits per heavy atom. The van der Waals surface area contributed by atoms with Crippen molar-refractivity contribution in [2.75, 3.05) is 0 Å². The molecule has 3 N–H and O–H groups in total. The van der Waals surface area contributed by atoms with E-state index >= 15 is 0 Å². The molecule has 3 rings (SSSR count). The average molecular weight is 285 g/mol. The summed E-state index contributed by atoms with van der Waals surface area (Å²) < 4.78 is 1.30. The molecule has 0 spiro atoms. The summed E-state index contributed by atoms with van der Waals surface area (Å²) in [5.41, 5.74) is 7.23. The van der Waals surface area contributed by atoms with Crippen LogP contribution in [0.3, 0.4) is 0 Å². The van der Waals surface area contributed by atoms with Gasteiger partial charge in [0.1, 0.15) is 5.82 Å². The first-order chi connectivity index (χ1) is 9.63. The lowest BCUT2D eigenvalue weighted by Crippen LogP contribution is -2.14. The number of fused-ring (bicyclic) bond motifs is 1. The molecule has 0 radical (unpaired) electrons. The van der Waals surface area contributed by atoms with Gasteiger partial charge in [0.15, 0.2) is 0 Å². The smallest absolute Gasteiger partial charge is 0.123 e. The van der Waals surface area contributed by atoms with E-state index in [1.54, 1.807) is 11.3 Å². The van der Waals surface area contributed by atoms with Crippen molar-refractivity contribution in [3.63, 3.8) is 0 Å². The van der Waals surface area contributed by atoms with Gasteiger partial charge in [-0.2, -0.15) is 0 Å². The van der Waals surface area contributed by atoms with Crippen LogP contribution in [0.2, 0.25) is 0 Å². The lowest BCUT2D eigenvalue weighted by molar-refractivity contribution is 0.496. The number of aromatic nitrogens is 2. The molecule has 0 aliphatic rings. The zero-order valence-corrected chi connectivity index (χ0v) is 12.6. The van der Waals surface area contributed by atoms with Crippen LogP contribution in [0.4, 0.5) is 0 Å². The number of hydrogen-bond acceptors (Lipinski definition) is 3. The Balaban J connectivity index is 1.89. The summed E-state index contributed by atoms with van der Waals surface area (Å²) in [6, 6.07) is 10.6. The minimum Gasteiger partial charge on any atom is -0.340 e. The summed E-state index contributed by atoms with van der Waals surface area (Å²) in [4.78, 5) is 9.02. The summed E-state index contributed by atoms with van der Waals surface area (Å²) in [7, 11) is 0. The van der Waals surface area contributed by atoms with Crippen molar-refractivity contribution >= 4 is 21.4 Å². The number of rotatable bonds is 4. The van der Waals surface area contributed by atoms with Crippen LogP contribution in [0.5, 0.6) is 0 Å². The maximum absolute atomic E-state index is 6.17. The van der Waals surface area contributed by atoms with Gasteiger partial charge in [-0.05, 0) is 29.9 Å². The second-order valence-electron chi connectivity index (χ2n) is 5.57. The van der Waals surface area contributed by atoms with E-state index in [1.807, 2.05) is 6.20 Å². The number of nitrogens with two attached hydrogens (primary N) is 1. The van der Waals surface area contributed by atoms with E-state index in [0.29, 0.717) is 5.92 Å². The molecule has 104 valence electrons. The number of imidazole rings is 1. The van der Waals surface area contributed by atoms with Crippen molar-refractivity contribution in [3.05, 3.63) is 42.4 Å². The highest BCUT2D eigenvalue weighted by molar-refractivity contribution is 7.22. The lowest BCUT2D eigenvalue weighted by atomic mass is 10.0. The number of thiophene rings is 1. The van der Waals surface area contributed by atoms with Crippen LogP contribution in [0.1, 0.15) is 32.1 Å². The van der Waals surface area contributed by atoms with Crippen LogP contribution < -0.4 is 5.73 Å². The topological polar surface area (TPSA) is 54.7 Å². The van der Waals surface area contributed by atoms with Crippen LogP contribution >= 0.6 is 11.3 Å². The fourth-order valence-electron chi connectivity index (χ4n) is 2.38. The summed E-state index contributed by atoms with van der Waals surface area (Å²) in [5.74, 6) is 1.45. The normalized spacial score (nSPS) is 13.2. The molecular formula is C16H19N3S. The minimum atomic E-state index is -0.0156. The van der Waals surface area contributed by atoms with Crippen LogP contribution in [-0.2, 0) is 0 Å². The minimum absolute atomic E-state index is 0.0156. The van der Waals surface area contributed by atoms with E-state index in [0.717, 1.165) is 17.9 Å². The van der Waals surface area contributed by atoms with Gasteiger partial charge in [0.25, 0.3) is 0 Å². The van der Waals surface area contributed by atoms with Crippen molar-refractivity contribution in [2.45, 2.75) is 26.3 Å². The molecule has 3 aromatic rings. The fourth-order valence-corrected chi connectivity index (χ4v) is 3.41. The first-order valence-electron chi connectivity index (χ1n) is 6.93. The molecule has 4 heteroatoms. The van der Waals surface area contributed by atoms with Crippen molar-refractivity contribution in [1.82, 2.24) is 9.97 Å². The van der Waals surface area contributed by atoms with Crippen LogP contribution in [0, 0.1) is 5.92 Å². The summed E-state index contributed by atoms with van der Waals surface area (Å²) >= 11 is 1.78. The number of H-pyrrole nitrogens is 1. The molecule has 3 nitrogen and oxygen atoms in total.